The van der Waals surface area contributed by atoms with E-state index in [0.29, 0.717) is 30.1 Å². The summed E-state index contributed by atoms with van der Waals surface area (Å²) in [7, 11) is 0. The molecule has 39 heavy (non-hydrogen) atoms. The Morgan fingerprint density at radius 2 is 1.95 bits per heavy atom. The van der Waals surface area contributed by atoms with Crippen LogP contribution in [0.25, 0.3) is 27.6 Å². The second-order valence-corrected chi connectivity index (χ2v) is 10.2. The first-order valence-electron chi connectivity index (χ1n) is 13.7. The molecule has 1 saturated heterocycles. The molecule has 2 bridgehead atoms. The zero-order valence-electron chi connectivity index (χ0n) is 21.8. The molecule has 9 nitrogen and oxygen atoms in total. The van der Waals surface area contributed by atoms with E-state index in [4.69, 9.17) is 9.72 Å². The van der Waals surface area contributed by atoms with Gasteiger partial charge in [0.1, 0.15) is 11.1 Å². The molecule has 0 spiro atoms. The van der Waals surface area contributed by atoms with E-state index in [1.807, 2.05) is 35.0 Å². The van der Waals surface area contributed by atoms with E-state index in [0.717, 1.165) is 48.4 Å². The van der Waals surface area contributed by atoms with Gasteiger partial charge in [0.2, 0.25) is 5.95 Å². The highest BCUT2D eigenvalue weighted by Gasteiger charge is 2.18. The lowest BCUT2D eigenvalue weighted by Gasteiger charge is -2.30. The molecule has 2 aromatic carbocycles. The highest BCUT2D eigenvalue weighted by atomic mass is 16.5. The average molecular weight is 522 g/mol. The Morgan fingerprint density at radius 1 is 1.00 bits per heavy atom. The number of nitrogens with zero attached hydrogens (tertiary/aromatic N) is 6. The van der Waals surface area contributed by atoms with E-state index >= 15 is 0 Å². The molecule has 0 aliphatic carbocycles. The van der Waals surface area contributed by atoms with Gasteiger partial charge in [0.05, 0.1) is 18.8 Å². The number of aromatic nitrogens is 5. The SMILES string of the molecule is O=c1c2cnc(Nc3ccc4c(ccn4CCN4CCC4)c3)nc2n2n1CC=CCCCOc1cccc-2c1. The fourth-order valence-electron chi connectivity index (χ4n) is 5.36. The van der Waals surface area contributed by atoms with Crippen LogP contribution < -0.4 is 15.6 Å². The van der Waals surface area contributed by atoms with E-state index in [9.17, 15) is 4.79 Å². The number of ether oxygens (including phenoxy) is 1. The molecular formula is C30H31N7O2. The van der Waals surface area contributed by atoms with Crippen LogP contribution >= 0.6 is 0 Å². The maximum Gasteiger partial charge on any atom is 0.278 e. The minimum Gasteiger partial charge on any atom is -0.494 e. The van der Waals surface area contributed by atoms with Crippen LogP contribution in [0.5, 0.6) is 5.75 Å². The molecular weight excluding hydrogens is 490 g/mol. The number of likely N-dealkylation sites (tertiary alicyclic amines) is 1. The van der Waals surface area contributed by atoms with Gasteiger partial charge < -0.3 is 19.5 Å². The number of benzene rings is 2. The Balaban J connectivity index is 1.23. The quantitative estimate of drug-likeness (QED) is 0.337. The molecule has 0 saturated carbocycles. The third-order valence-electron chi connectivity index (χ3n) is 7.60. The number of hydrogen-bond donors (Lipinski definition) is 1. The van der Waals surface area contributed by atoms with E-state index in [1.54, 1.807) is 10.9 Å². The van der Waals surface area contributed by atoms with E-state index in [1.165, 1.54) is 25.0 Å². The Kier molecular flexibility index (Phi) is 6.13. The van der Waals surface area contributed by atoms with Crippen LogP contribution in [-0.2, 0) is 13.1 Å². The first kappa shape index (κ1) is 23.7. The zero-order valence-corrected chi connectivity index (χ0v) is 21.8. The molecule has 5 heterocycles. The van der Waals surface area contributed by atoms with Gasteiger partial charge in [-0.1, -0.05) is 18.2 Å². The molecule has 3 aromatic heterocycles. The van der Waals surface area contributed by atoms with Gasteiger partial charge >= 0.3 is 0 Å². The van der Waals surface area contributed by atoms with Crippen molar-refractivity contribution in [2.45, 2.75) is 32.4 Å². The number of nitrogens with one attached hydrogen (secondary N) is 1. The third kappa shape index (κ3) is 4.59. The van der Waals surface area contributed by atoms with Crippen molar-refractivity contribution in [3.05, 3.63) is 83.4 Å². The van der Waals surface area contributed by atoms with Crippen molar-refractivity contribution >= 4 is 33.6 Å². The second-order valence-electron chi connectivity index (χ2n) is 10.2. The molecule has 0 unspecified atom stereocenters. The fraction of sp³-hybridized carbons (Fsp3) is 0.300. The summed E-state index contributed by atoms with van der Waals surface area (Å²) in [6, 6.07) is 16.3. The van der Waals surface area contributed by atoms with Gasteiger partial charge in [-0.05, 0) is 68.8 Å². The summed E-state index contributed by atoms with van der Waals surface area (Å²) >= 11 is 0. The highest BCUT2D eigenvalue weighted by molar-refractivity contribution is 5.85. The van der Waals surface area contributed by atoms with Crippen LogP contribution in [0.4, 0.5) is 11.6 Å². The van der Waals surface area contributed by atoms with Crippen LogP contribution in [0.3, 0.4) is 0 Å². The Morgan fingerprint density at radius 3 is 2.85 bits per heavy atom. The topological polar surface area (TPSA) is 82.1 Å². The number of fused-ring (bicyclic) bond motifs is 7. The normalized spacial score (nSPS) is 15.8. The summed E-state index contributed by atoms with van der Waals surface area (Å²) in [5.74, 6) is 1.21. The number of rotatable bonds is 5. The third-order valence-corrected chi connectivity index (χ3v) is 7.60. The van der Waals surface area contributed by atoms with Crippen LogP contribution in [0, 0.1) is 0 Å². The molecule has 198 valence electrons. The number of anilines is 2. The summed E-state index contributed by atoms with van der Waals surface area (Å²) < 4.78 is 11.8. The molecule has 2 aliphatic rings. The lowest BCUT2D eigenvalue weighted by Crippen LogP contribution is -2.39. The van der Waals surface area contributed by atoms with Gasteiger partial charge in [-0.2, -0.15) is 4.98 Å². The van der Waals surface area contributed by atoms with Crippen molar-refractivity contribution in [2.24, 2.45) is 0 Å². The monoisotopic (exact) mass is 521 g/mol. The zero-order chi connectivity index (χ0) is 26.2. The standard InChI is InChI=1S/C30H31N7O2/c38-29-26-21-31-30(32-23-9-10-27-22(19-23)11-15-35(27)17-16-34-12-6-13-34)33-28(26)37-24-7-5-8-25(20-24)39-18-4-2-1-3-14-36(29)37/h1,3,5,7-11,15,19-21H,2,4,6,12-14,16-18H2,(H,31,32,33). The van der Waals surface area contributed by atoms with Crippen molar-refractivity contribution in [3.63, 3.8) is 0 Å². The highest BCUT2D eigenvalue weighted by Crippen LogP contribution is 2.25. The van der Waals surface area contributed by atoms with Crippen LogP contribution in [0.15, 0.2) is 77.9 Å². The van der Waals surface area contributed by atoms with Crippen molar-refractivity contribution in [1.29, 1.82) is 0 Å². The maximum absolute atomic E-state index is 13.4. The summed E-state index contributed by atoms with van der Waals surface area (Å²) in [4.78, 5) is 25.2. The van der Waals surface area contributed by atoms with Crippen LogP contribution in [0.2, 0.25) is 0 Å². The molecule has 0 atom stereocenters. The van der Waals surface area contributed by atoms with E-state index in [-0.39, 0.29) is 5.56 Å². The molecule has 0 radical (unpaired) electrons. The van der Waals surface area contributed by atoms with Gasteiger partial charge in [0.25, 0.3) is 5.56 Å². The summed E-state index contributed by atoms with van der Waals surface area (Å²) in [5.41, 5.74) is 3.37. The maximum atomic E-state index is 13.4. The molecule has 7 rings (SSSR count). The number of hydrogen-bond acceptors (Lipinski definition) is 6. The predicted octanol–water partition coefficient (Wildman–Crippen LogP) is 4.72. The summed E-state index contributed by atoms with van der Waals surface area (Å²) in [5, 5.41) is 5.00. The molecule has 2 aliphatic heterocycles. The van der Waals surface area contributed by atoms with Crippen molar-refractivity contribution in [3.8, 4) is 11.4 Å². The van der Waals surface area contributed by atoms with Crippen molar-refractivity contribution in [1.82, 2.24) is 28.8 Å². The first-order valence-corrected chi connectivity index (χ1v) is 13.7. The first-order chi connectivity index (χ1) is 19.2. The van der Waals surface area contributed by atoms with Crippen LogP contribution in [-0.4, -0.2) is 55.0 Å². The van der Waals surface area contributed by atoms with Gasteiger partial charge in [-0.25, -0.2) is 14.3 Å². The van der Waals surface area contributed by atoms with Crippen molar-refractivity contribution in [2.75, 3.05) is 31.6 Å². The largest absolute Gasteiger partial charge is 0.494 e. The molecule has 0 amide bonds. The van der Waals surface area contributed by atoms with E-state index < -0.39 is 0 Å². The van der Waals surface area contributed by atoms with E-state index in [2.05, 4.69) is 56.3 Å². The van der Waals surface area contributed by atoms with Gasteiger partial charge in [-0.15, -0.1) is 0 Å². The Hall–Kier alpha value is -4.37. The molecule has 5 aromatic rings. The molecule has 1 fully saturated rings. The number of allylic oxidation sites excluding steroid dienone is 2. The lowest BCUT2D eigenvalue weighted by molar-refractivity contribution is 0.175. The smallest absolute Gasteiger partial charge is 0.278 e. The Labute approximate surface area is 225 Å². The minimum atomic E-state index is -0.120. The van der Waals surface area contributed by atoms with Gasteiger partial charge in [0, 0.05) is 48.1 Å². The second kappa shape index (κ2) is 10.1. The summed E-state index contributed by atoms with van der Waals surface area (Å²) in [6.45, 7) is 5.61. The Bertz CT molecular complexity index is 1740. The van der Waals surface area contributed by atoms with Crippen molar-refractivity contribution < 1.29 is 4.74 Å². The summed E-state index contributed by atoms with van der Waals surface area (Å²) in [6.07, 6.45) is 11.0. The fourth-order valence-corrected chi connectivity index (χ4v) is 5.36. The van der Waals surface area contributed by atoms with Crippen LogP contribution in [0.1, 0.15) is 19.3 Å². The molecule has 9 heteroatoms. The predicted molar refractivity (Wildman–Crippen MR) is 153 cm³/mol. The van der Waals surface area contributed by atoms with Gasteiger partial charge in [-0.3, -0.25) is 4.79 Å². The lowest BCUT2D eigenvalue weighted by atomic mass is 10.2. The minimum absolute atomic E-state index is 0.120. The van der Waals surface area contributed by atoms with Gasteiger partial charge in [0.15, 0.2) is 5.65 Å². The average Bonchev–Trinajstić information content (AvgIpc) is 3.44. The molecule has 1 N–H and O–H groups in total.